The molecule has 0 spiro atoms. The van der Waals surface area contributed by atoms with Gasteiger partial charge in [-0.05, 0) is 54.6 Å². The Kier molecular flexibility index (Phi) is 3.94. The van der Waals surface area contributed by atoms with Crippen molar-refractivity contribution >= 4 is 22.4 Å². The van der Waals surface area contributed by atoms with E-state index in [1.807, 2.05) is 66.7 Å². The quantitative estimate of drug-likeness (QED) is 0.557. The molecular formula is C22H17N3O3. The minimum Gasteiger partial charge on any atom is -0.497 e. The maximum absolute atomic E-state index is 5.49. The fraction of sp³-hybridized carbons (Fsp3) is 0.0909. The number of para-hydroxylation sites is 1. The van der Waals surface area contributed by atoms with Crippen molar-refractivity contribution in [3.8, 4) is 28.6 Å². The van der Waals surface area contributed by atoms with Gasteiger partial charge in [0, 0.05) is 16.6 Å². The fourth-order valence-electron chi connectivity index (χ4n) is 3.15. The van der Waals surface area contributed by atoms with Crippen LogP contribution in [0.4, 0.5) is 11.5 Å². The van der Waals surface area contributed by atoms with Crippen LogP contribution in [0.15, 0.2) is 66.7 Å². The molecule has 0 aliphatic carbocycles. The highest BCUT2D eigenvalue weighted by Gasteiger charge is 2.16. The molecule has 0 atom stereocenters. The second-order valence-electron chi connectivity index (χ2n) is 6.33. The van der Waals surface area contributed by atoms with E-state index >= 15 is 0 Å². The smallest absolute Gasteiger partial charge is 0.231 e. The minimum absolute atomic E-state index is 0.238. The maximum Gasteiger partial charge on any atom is 0.231 e. The molecule has 0 bridgehead atoms. The van der Waals surface area contributed by atoms with Gasteiger partial charge in [-0.15, -0.1) is 0 Å². The van der Waals surface area contributed by atoms with E-state index in [0.717, 1.165) is 39.5 Å². The first-order valence-corrected chi connectivity index (χ1v) is 8.88. The first-order valence-electron chi connectivity index (χ1n) is 8.88. The van der Waals surface area contributed by atoms with Crippen molar-refractivity contribution in [2.24, 2.45) is 0 Å². The van der Waals surface area contributed by atoms with Crippen LogP contribution in [-0.2, 0) is 0 Å². The standard InChI is InChI=1S/C22H17N3O3/c1-26-16-9-7-15(8-10-16)23-22-17-4-2-3-5-18(17)24-21(25-22)14-6-11-19-20(12-14)28-13-27-19/h2-12H,13H2,1H3,(H,23,24,25). The molecule has 138 valence electrons. The van der Waals surface area contributed by atoms with Gasteiger partial charge in [0.1, 0.15) is 11.6 Å². The Morgan fingerprint density at radius 3 is 2.57 bits per heavy atom. The minimum atomic E-state index is 0.238. The number of rotatable bonds is 4. The zero-order chi connectivity index (χ0) is 18.9. The van der Waals surface area contributed by atoms with Crippen molar-refractivity contribution in [2.75, 3.05) is 19.2 Å². The average molecular weight is 371 g/mol. The van der Waals surface area contributed by atoms with E-state index in [4.69, 9.17) is 24.2 Å². The number of methoxy groups -OCH3 is 1. The van der Waals surface area contributed by atoms with Crippen LogP contribution in [0.1, 0.15) is 0 Å². The van der Waals surface area contributed by atoms with Crippen LogP contribution in [0.25, 0.3) is 22.3 Å². The summed E-state index contributed by atoms with van der Waals surface area (Å²) in [7, 11) is 1.65. The highest BCUT2D eigenvalue weighted by Crippen LogP contribution is 2.36. The van der Waals surface area contributed by atoms with Crippen molar-refractivity contribution in [1.82, 2.24) is 9.97 Å². The molecule has 2 heterocycles. The Labute approximate surface area is 161 Å². The van der Waals surface area contributed by atoms with Crippen LogP contribution in [0.2, 0.25) is 0 Å². The van der Waals surface area contributed by atoms with Gasteiger partial charge in [0.05, 0.1) is 12.6 Å². The van der Waals surface area contributed by atoms with Crippen LogP contribution in [0, 0.1) is 0 Å². The first kappa shape index (κ1) is 16.4. The van der Waals surface area contributed by atoms with E-state index in [9.17, 15) is 0 Å². The van der Waals surface area contributed by atoms with Crippen molar-refractivity contribution in [3.63, 3.8) is 0 Å². The van der Waals surface area contributed by atoms with Crippen molar-refractivity contribution in [2.45, 2.75) is 0 Å². The first-order chi connectivity index (χ1) is 13.8. The van der Waals surface area contributed by atoms with E-state index in [1.165, 1.54) is 0 Å². The molecule has 1 aliphatic heterocycles. The third-order valence-electron chi connectivity index (χ3n) is 4.59. The Hall–Kier alpha value is -3.80. The lowest BCUT2D eigenvalue weighted by Gasteiger charge is -2.12. The summed E-state index contributed by atoms with van der Waals surface area (Å²) in [5.41, 5.74) is 2.65. The molecule has 28 heavy (non-hydrogen) atoms. The van der Waals surface area contributed by atoms with Gasteiger partial charge in [-0.3, -0.25) is 0 Å². The number of ether oxygens (including phenoxy) is 3. The largest absolute Gasteiger partial charge is 0.497 e. The summed E-state index contributed by atoms with van der Waals surface area (Å²) >= 11 is 0. The zero-order valence-electron chi connectivity index (χ0n) is 15.2. The van der Waals surface area contributed by atoms with Gasteiger partial charge in [0.25, 0.3) is 0 Å². The van der Waals surface area contributed by atoms with E-state index in [-0.39, 0.29) is 6.79 Å². The van der Waals surface area contributed by atoms with Crippen LogP contribution in [-0.4, -0.2) is 23.9 Å². The van der Waals surface area contributed by atoms with Gasteiger partial charge in [-0.2, -0.15) is 0 Å². The van der Waals surface area contributed by atoms with Crippen LogP contribution < -0.4 is 19.5 Å². The monoisotopic (exact) mass is 371 g/mol. The number of nitrogens with one attached hydrogen (secondary N) is 1. The topological polar surface area (TPSA) is 65.5 Å². The van der Waals surface area contributed by atoms with Crippen molar-refractivity contribution in [3.05, 3.63) is 66.7 Å². The molecule has 5 rings (SSSR count). The average Bonchev–Trinajstić information content (AvgIpc) is 3.22. The molecule has 1 aromatic heterocycles. The molecule has 4 aromatic rings. The number of anilines is 2. The van der Waals surface area contributed by atoms with Crippen LogP contribution in [0.3, 0.4) is 0 Å². The summed E-state index contributed by atoms with van der Waals surface area (Å²) < 4.78 is 16.1. The SMILES string of the molecule is COc1ccc(Nc2nc(-c3ccc4c(c3)OCO4)nc3ccccc23)cc1. The Bertz CT molecular complexity index is 1160. The predicted octanol–water partition coefficient (Wildman–Crippen LogP) is 4.78. The normalized spacial score (nSPS) is 12.2. The summed E-state index contributed by atoms with van der Waals surface area (Å²) in [6.45, 7) is 0.238. The summed E-state index contributed by atoms with van der Waals surface area (Å²) in [5.74, 6) is 3.61. The Morgan fingerprint density at radius 1 is 0.893 bits per heavy atom. The van der Waals surface area contributed by atoms with Gasteiger partial charge in [0.2, 0.25) is 6.79 Å². The molecule has 1 aliphatic rings. The number of benzene rings is 3. The van der Waals surface area contributed by atoms with Crippen molar-refractivity contribution < 1.29 is 14.2 Å². The number of aromatic nitrogens is 2. The second-order valence-corrected chi connectivity index (χ2v) is 6.33. The molecule has 0 amide bonds. The predicted molar refractivity (Wildman–Crippen MR) is 107 cm³/mol. The third kappa shape index (κ3) is 2.95. The molecule has 3 aromatic carbocycles. The number of hydrogen-bond donors (Lipinski definition) is 1. The number of nitrogens with zero attached hydrogens (tertiary/aromatic N) is 2. The van der Waals surface area contributed by atoms with Gasteiger partial charge in [0.15, 0.2) is 17.3 Å². The second kappa shape index (κ2) is 6.74. The highest BCUT2D eigenvalue weighted by molar-refractivity contribution is 5.92. The number of fused-ring (bicyclic) bond motifs is 2. The summed E-state index contributed by atoms with van der Waals surface area (Å²) in [4.78, 5) is 9.52. The molecule has 6 nitrogen and oxygen atoms in total. The Balaban J connectivity index is 1.59. The molecule has 0 saturated heterocycles. The maximum atomic E-state index is 5.49. The van der Waals surface area contributed by atoms with Gasteiger partial charge < -0.3 is 19.5 Å². The van der Waals surface area contributed by atoms with Gasteiger partial charge >= 0.3 is 0 Å². The van der Waals surface area contributed by atoms with E-state index in [2.05, 4.69) is 5.32 Å². The molecule has 1 N–H and O–H groups in total. The molecule has 0 radical (unpaired) electrons. The molecule has 6 heteroatoms. The fourth-order valence-corrected chi connectivity index (χ4v) is 3.15. The van der Waals surface area contributed by atoms with E-state index in [0.29, 0.717) is 11.6 Å². The molecular weight excluding hydrogens is 354 g/mol. The molecule has 0 fully saturated rings. The van der Waals surface area contributed by atoms with E-state index in [1.54, 1.807) is 7.11 Å². The van der Waals surface area contributed by atoms with Gasteiger partial charge in [-0.1, -0.05) is 12.1 Å². The zero-order valence-corrected chi connectivity index (χ0v) is 15.2. The van der Waals surface area contributed by atoms with E-state index < -0.39 is 0 Å². The Morgan fingerprint density at radius 2 is 1.71 bits per heavy atom. The summed E-state index contributed by atoms with van der Waals surface area (Å²) in [6, 6.07) is 21.4. The summed E-state index contributed by atoms with van der Waals surface area (Å²) in [5, 5.41) is 4.35. The van der Waals surface area contributed by atoms with Crippen LogP contribution in [0.5, 0.6) is 17.2 Å². The van der Waals surface area contributed by atoms with Crippen molar-refractivity contribution in [1.29, 1.82) is 0 Å². The molecule has 0 saturated carbocycles. The number of hydrogen-bond acceptors (Lipinski definition) is 6. The lowest BCUT2D eigenvalue weighted by atomic mass is 10.1. The lowest BCUT2D eigenvalue weighted by Crippen LogP contribution is -1.99. The molecule has 0 unspecified atom stereocenters. The van der Waals surface area contributed by atoms with Gasteiger partial charge in [-0.25, -0.2) is 9.97 Å². The van der Waals surface area contributed by atoms with Crippen LogP contribution >= 0.6 is 0 Å². The summed E-state index contributed by atoms with van der Waals surface area (Å²) in [6.07, 6.45) is 0. The highest BCUT2D eigenvalue weighted by atomic mass is 16.7. The lowest BCUT2D eigenvalue weighted by molar-refractivity contribution is 0.174. The third-order valence-corrected chi connectivity index (χ3v) is 4.59.